The fourth-order valence-electron chi connectivity index (χ4n) is 1.07. The Morgan fingerprint density at radius 3 is 2.71 bits per heavy atom. The van der Waals surface area contributed by atoms with E-state index in [1.54, 1.807) is 6.07 Å². The van der Waals surface area contributed by atoms with Crippen molar-refractivity contribution in [3.8, 4) is 11.6 Å². The molecular weight excluding hydrogens is 184 g/mol. The maximum absolute atomic E-state index is 10.7. The molecular formula is C9H6N2O3. The number of carbonyl (C=O) groups is 1. The molecule has 14 heavy (non-hydrogen) atoms. The van der Waals surface area contributed by atoms with Crippen molar-refractivity contribution in [2.24, 2.45) is 0 Å². The molecule has 0 atom stereocenters. The van der Waals surface area contributed by atoms with Gasteiger partial charge in [-0.1, -0.05) is 0 Å². The number of hydrogen-bond acceptors (Lipinski definition) is 4. The van der Waals surface area contributed by atoms with Crippen molar-refractivity contribution in [2.45, 2.75) is 0 Å². The van der Waals surface area contributed by atoms with Crippen LogP contribution in [0.25, 0.3) is 11.6 Å². The summed E-state index contributed by atoms with van der Waals surface area (Å²) >= 11 is 0. The highest BCUT2D eigenvalue weighted by Gasteiger charge is 2.16. The average molecular weight is 190 g/mol. The van der Waals surface area contributed by atoms with Crippen LogP contribution in [0.1, 0.15) is 10.4 Å². The number of furan rings is 1. The van der Waals surface area contributed by atoms with Gasteiger partial charge in [-0.25, -0.2) is 14.8 Å². The Kier molecular flexibility index (Phi) is 1.98. The molecule has 0 unspecified atom stereocenters. The molecule has 0 spiro atoms. The van der Waals surface area contributed by atoms with E-state index in [2.05, 4.69) is 9.97 Å². The first-order valence-electron chi connectivity index (χ1n) is 3.87. The minimum atomic E-state index is -1.05. The molecule has 0 aliphatic carbocycles. The van der Waals surface area contributed by atoms with Crippen LogP contribution in [-0.2, 0) is 0 Å². The molecule has 2 aromatic heterocycles. The molecule has 0 radical (unpaired) electrons. The zero-order chi connectivity index (χ0) is 9.97. The summed E-state index contributed by atoms with van der Waals surface area (Å²) in [5, 5.41) is 8.80. The molecule has 1 N–H and O–H groups in total. The summed E-state index contributed by atoms with van der Waals surface area (Å²) in [7, 11) is 0. The minimum absolute atomic E-state index is 0.0659. The Morgan fingerprint density at radius 1 is 1.36 bits per heavy atom. The van der Waals surface area contributed by atoms with Gasteiger partial charge in [-0.15, -0.1) is 0 Å². The van der Waals surface area contributed by atoms with E-state index in [4.69, 9.17) is 9.52 Å². The topological polar surface area (TPSA) is 76.2 Å². The molecule has 5 heteroatoms. The second-order valence-corrected chi connectivity index (χ2v) is 2.54. The number of nitrogens with zero attached hydrogens (tertiary/aromatic N) is 2. The summed E-state index contributed by atoms with van der Waals surface area (Å²) in [5.41, 5.74) is 0.0659. The van der Waals surface area contributed by atoms with Gasteiger partial charge in [0.1, 0.15) is 5.56 Å². The highest BCUT2D eigenvalue weighted by atomic mass is 16.4. The molecule has 0 bridgehead atoms. The van der Waals surface area contributed by atoms with Crippen molar-refractivity contribution in [2.75, 3.05) is 0 Å². The Morgan fingerprint density at radius 2 is 2.07 bits per heavy atom. The van der Waals surface area contributed by atoms with Crippen LogP contribution >= 0.6 is 0 Å². The minimum Gasteiger partial charge on any atom is -0.478 e. The van der Waals surface area contributed by atoms with E-state index < -0.39 is 5.97 Å². The third kappa shape index (κ3) is 1.35. The molecule has 0 aliphatic rings. The van der Waals surface area contributed by atoms with Gasteiger partial charge in [0.25, 0.3) is 0 Å². The lowest BCUT2D eigenvalue weighted by Gasteiger charge is -1.95. The summed E-state index contributed by atoms with van der Waals surface area (Å²) in [5.74, 6) is -0.603. The monoisotopic (exact) mass is 190 g/mol. The Bertz CT molecular complexity index is 450. The number of hydrogen-bond donors (Lipinski definition) is 1. The Labute approximate surface area is 79.0 Å². The smallest absolute Gasteiger partial charge is 0.339 e. The van der Waals surface area contributed by atoms with E-state index in [0.717, 1.165) is 0 Å². The van der Waals surface area contributed by atoms with Crippen LogP contribution < -0.4 is 0 Å². The predicted octanol–water partition coefficient (Wildman–Crippen LogP) is 1.43. The lowest BCUT2D eigenvalue weighted by Crippen LogP contribution is -1.97. The highest BCUT2D eigenvalue weighted by Crippen LogP contribution is 2.20. The molecule has 2 aromatic rings. The van der Waals surface area contributed by atoms with Crippen molar-refractivity contribution >= 4 is 5.97 Å². The zero-order valence-electron chi connectivity index (χ0n) is 7.04. The first-order chi connectivity index (χ1) is 6.79. The number of rotatable bonds is 2. The van der Waals surface area contributed by atoms with Crippen molar-refractivity contribution in [3.63, 3.8) is 0 Å². The summed E-state index contributed by atoms with van der Waals surface area (Å²) in [6.07, 6.45) is 4.35. The maximum atomic E-state index is 10.7. The SMILES string of the molecule is O=C(O)c1ccoc1-c1ncccn1. The lowest BCUT2D eigenvalue weighted by molar-refractivity contribution is 0.0697. The predicted molar refractivity (Wildman–Crippen MR) is 46.7 cm³/mol. The lowest BCUT2D eigenvalue weighted by atomic mass is 10.2. The van der Waals surface area contributed by atoms with Crippen molar-refractivity contribution in [3.05, 3.63) is 36.4 Å². The van der Waals surface area contributed by atoms with E-state index in [-0.39, 0.29) is 17.1 Å². The standard InChI is InChI=1S/C9H6N2O3/c12-9(13)6-2-5-14-7(6)8-10-3-1-4-11-8/h1-5H,(H,12,13). The zero-order valence-corrected chi connectivity index (χ0v) is 7.04. The van der Waals surface area contributed by atoms with Crippen LogP contribution in [0.5, 0.6) is 0 Å². The summed E-state index contributed by atoms with van der Waals surface area (Å²) in [4.78, 5) is 18.5. The van der Waals surface area contributed by atoms with Gasteiger partial charge in [-0.2, -0.15) is 0 Å². The van der Waals surface area contributed by atoms with E-state index in [0.29, 0.717) is 0 Å². The van der Waals surface area contributed by atoms with Gasteiger partial charge in [0, 0.05) is 12.4 Å². The Balaban J connectivity index is 2.52. The fraction of sp³-hybridized carbons (Fsp3) is 0. The van der Waals surface area contributed by atoms with Crippen LogP contribution in [0.2, 0.25) is 0 Å². The van der Waals surface area contributed by atoms with Gasteiger partial charge in [-0.3, -0.25) is 0 Å². The van der Waals surface area contributed by atoms with Crippen molar-refractivity contribution in [1.82, 2.24) is 9.97 Å². The van der Waals surface area contributed by atoms with Crippen LogP contribution in [0.15, 0.2) is 35.2 Å². The van der Waals surface area contributed by atoms with E-state index in [1.807, 2.05) is 0 Å². The van der Waals surface area contributed by atoms with E-state index >= 15 is 0 Å². The van der Waals surface area contributed by atoms with E-state index in [1.165, 1.54) is 24.7 Å². The first kappa shape index (κ1) is 8.43. The molecule has 0 amide bonds. The van der Waals surface area contributed by atoms with Gasteiger partial charge in [-0.05, 0) is 12.1 Å². The highest BCUT2D eigenvalue weighted by molar-refractivity contribution is 5.93. The van der Waals surface area contributed by atoms with Gasteiger partial charge >= 0.3 is 5.97 Å². The van der Waals surface area contributed by atoms with Crippen LogP contribution in [0, 0.1) is 0 Å². The average Bonchev–Trinajstić information content (AvgIpc) is 2.67. The molecule has 0 aliphatic heterocycles. The molecule has 5 nitrogen and oxygen atoms in total. The third-order valence-corrected chi connectivity index (χ3v) is 1.66. The fourth-order valence-corrected chi connectivity index (χ4v) is 1.07. The first-order valence-corrected chi connectivity index (χ1v) is 3.87. The van der Waals surface area contributed by atoms with Crippen LogP contribution in [-0.4, -0.2) is 21.0 Å². The van der Waals surface area contributed by atoms with Gasteiger partial charge in [0.05, 0.1) is 6.26 Å². The normalized spacial score (nSPS) is 10.0. The molecule has 70 valence electrons. The van der Waals surface area contributed by atoms with Gasteiger partial charge in [0.2, 0.25) is 0 Å². The molecule has 0 saturated carbocycles. The van der Waals surface area contributed by atoms with Gasteiger partial charge < -0.3 is 9.52 Å². The Hall–Kier alpha value is -2.17. The molecule has 2 heterocycles. The number of carboxylic acid groups (broad SMARTS) is 1. The van der Waals surface area contributed by atoms with Crippen LogP contribution in [0.4, 0.5) is 0 Å². The van der Waals surface area contributed by atoms with Crippen LogP contribution in [0.3, 0.4) is 0 Å². The largest absolute Gasteiger partial charge is 0.478 e. The molecule has 0 aromatic carbocycles. The summed E-state index contributed by atoms with van der Waals surface area (Å²) < 4.78 is 5.01. The number of aromatic carboxylic acids is 1. The molecule has 0 fully saturated rings. The molecule has 0 saturated heterocycles. The van der Waals surface area contributed by atoms with E-state index in [9.17, 15) is 4.79 Å². The summed E-state index contributed by atoms with van der Waals surface area (Å²) in [6, 6.07) is 3.01. The molecule has 2 rings (SSSR count). The van der Waals surface area contributed by atoms with Crippen molar-refractivity contribution < 1.29 is 14.3 Å². The number of aromatic nitrogens is 2. The second kappa shape index (κ2) is 3.29. The quantitative estimate of drug-likeness (QED) is 0.775. The second-order valence-electron chi connectivity index (χ2n) is 2.54. The summed E-state index contributed by atoms with van der Waals surface area (Å²) in [6.45, 7) is 0. The third-order valence-electron chi connectivity index (χ3n) is 1.66. The number of carboxylic acids is 1. The maximum Gasteiger partial charge on any atom is 0.339 e. The van der Waals surface area contributed by atoms with Crippen molar-refractivity contribution in [1.29, 1.82) is 0 Å². The van der Waals surface area contributed by atoms with Gasteiger partial charge in [0.15, 0.2) is 11.6 Å².